The van der Waals surface area contributed by atoms with Crippen LogP contribution in [0.2, 0.25) is 0 Å². The lowest BCUT2D eigenvalue weighted by Gasteiger charge is -2.25. The molecule has 2 aromatic heterocycles. The number of imidazole rings is 1. The van der Waals surface area contributed by atoms with E-state index in [-0.39, 0.29) is 24.7 Å². The first-order valence-electron chi connectivity index (χ1n) is 9.48. The first-order chi connectivity index (χ1) is 15.2. The van der Waals surface area contributed by atoms with E-state index >= 15 is 0 Å². The zero-order valence-corrected chi connectivity index (χ0v) is 17.9. The van der Waals surface area contributed by atoms with E-state index in [1.165, 1.54) is 26.9 Å². The SMILES string of the molecule is COC1[C@@H](CNS(=O)(=O)NC(=O)[C@@H]2CC(=O)N2)O[C@@H](n2cnc3c(N)ncnc32)[C@H]1OC. The number of rotatable bonds is 8. The van der Waals surface area contributed by atoms with Crippen molar-refractivity contribution in [2.75, 3.05) is 26.5 Å². The van der Waals surface area contributed by atoms with Gasteiger partial charge in [0.1, 0.15) is 36.2 Å². The van der Waals surface area contributed by atoms with Crippen molar-refractivity contribution in [3.05, 3.63) is 12.7 Å². The second-order valence-electron chi connectivity index (χ2n) is 7.19. The summed E-state index contributed by atoms with van der Waals surface area (Å²) in [6, 6.07) is -0.875. The molecule has 174 valence electrons. The number of methoxy groups -OCH3 is 2. The molecule has 32 heavy (non-hydrogen) atoms. The second-order valence-corrected chi connectivity index (χ2v) is 8.69. The van der Waals surface area contributed by atoms with E-state index in [0.717, 1.165) is 0 Å². The summed E-state index contributed by atoms with van der Waals surface area (Å²) in [4.78, 5) is 35.1. The second kappa shape index (κ2) is 8.55. The fraction of sp³-hybridized carbons (Fsp3) is 0.562. The molecule has 0 radical (unpaired) electrons. The van der Waals surface area contributed by atoms with Gasteiger partial charge in [-0.05, 0) is 0 Å². The molecule has 2 fully saturated rings. The van der Waals surface area contributed by atoms with E-state index < -0.39 is 46.7 Å². The minimum Gasteiger partial charge on any atom is -0.382 e. The summed E-state index contributed by atoms with van der Waals surface area (Å²) in [5.74, 6) is -0.956. The quantitative estimate of drug-likeness (QED) is 0.290. The van der Waals surface area contributed by atoms with Gasteiger partial charge in [-0.25, -0.2) is 19.7 Å². The molecule has 2 aromatic rings. The third-order valence-electron chi connectivity index (χ3n) is 5.24. The topological polar surface area (TPSA) is 202 Å². The zero-order valence-electron chi connectivity index (χ0n) is 17.1. The summed E-state index contributed by atoms with van der Waals surface area (Å²) in [6.45, 7) is -0.224. The minimum atomic E-state index is -4.21. The van der Waals surface area contributed by atoms with Gasteiger partial charge in [-0.15, -0.1) is 0 Å². The Hall–Kier alpha value is -2.92. The van der Waals surface area contributed by atoms with Gasteiger partial charge in [0.15, 0.2) is 17.7 Å². The van der Waals surface area contributed by atoms with Gasteiger partial charge in [0, 0.05) is 20.8 Å². The monoisotopic (exact) mass is 470 g/mol. The fourth-order valence-corrected chi connectivity index (χ4v) is 4.50. The highest BCUT2D eigenvalue weighted by atomic mass is 32.2. The number of fused-ring (bicyclic) bond motifs is 1. The molecule has 0 aliphatic carbocycles. The number of nitrogens with two attached hydrogens (primary N) is 1. The van der Waals surface area contributed by atoms with Crippen LogP contribution in [-0.2, 0) is 34.0 Å². The van der Waals surface area contributed by atoms with Crippen LogP contribution in [-0.4, -0.2) is 84.9 Å². The smallest absolute Gasteiger partial charge is 0.301 e. The van der Waals surface area contributed by atoms with Crippen molar-refractivity contribution < 1.29 is 32.2 Å². The standard InChI is InChI=1S/C16H22N8O7S/c1-29-11-8(4-21-32(27,28)23-15(26)7-3-9(25)22-7)31-16(12(11)30-2)24-6-20-10-13(17)18-5-19-14(10)24/h5-8,11-12,16,21H,3-4H2,1-2H3,(H,22,25)(H,23,26)(H2,17,18,19)/t7-,8+,11?,12-,16+/m0/s1. The van der Waals surface area contributed by atoms with Crippen LogP contribution in [0.3, 0.4) is 0 Å². The molecule has 2 aliphatic rings. The highest BCUT2D eigenvalue weighted by Crippen LogP contribution is 2.34. The van der Waals surface area contributed by atoms with Crippen LogP contribution in [0, 0.1) is 0 Å². The Bertz CT molecular complexity index is 1130. The number of nitrogens with one attached hydrogen (secondary N) is 3. The largest absolute Gasteiger partial charge is 0.382 e. The number of carbonyl (C=O) groups is 2. The maximum absolute atomic E-state index is 12.3. The molecule has 4 rings (SSSR count). The molecule has 0 spiro atoms. The van der Waals surface area contributed by atoms with Crippen LogP contribution in [0.4, 0.5) is 5.82 Å². The zero-order chi connectivity index (χ0) is 23.0. The van der Waals surface area contributed by atoms with E-state index in [1.54, 1.807) is 4.57 Å². The van der Waals surface area contributed by atoms with Crippen molar-refractivity contribution in [2.24, 2.45) is 0 Å². The summed E-state index contributed by atoms with van der Waals surface area (Å²) >= 11 is 0. The molecule has 0 aromatic carbocycles. The molecule has 0 saturated carbocycles. The third-order valence-corrected chi connectivity index (χ3v) is 6.26. The summed E-state index contributed by atoms with van der Waals surface area (Å²) in [5.41, 5.74) is 6.63. The van der Waals surface area contributed by atoms with Crippen LogP contribution in [0.1, 0.15) is 12.6 Å². The molecule has 2 aliphatic heterocycles. The molecule has 16 heteroatoms. The predicted molar refractivity (Wildman–Crippen MR) is 107 cm³/mol. The van der Waals surface area contributed by atoms with Crippen LogP contribution in [0.5, 0.6) is 0 Å². The number of carbonyl (C=O) groups excluding carboxylic acids is 2. The highest BCUT2D eigenvalue weighted by molar-refractivity contribution is 7.88. The molecule has 1 unspecified atom stereocenters. The number of hydrogen-bond donors (Lipinski definition) is 4. The van der Waals surface area contributed by atoms with Gasteiger partial charge in [-0.3, -0.25) is 14.2 Å². The third kappa shape index (κ3) is 4.09. The van der Waals surface area contributed by atoms with Crippen molar-refractivity contribution in [1.82, 2.24) is 34.3 Å². The number of β-lactam (4-membered cyclic amide) rings is 1. The molecular weight excluding hydrogens is 448 g/mol. The van der Waals surface area contributed by atoms with Crippen molar-refractivity contribution in [2.45, 2.75) is 37.0 Å². The van der Waals surface area contributed by atoms with E-state index in [1.807, 2.05) is 4.72 Å². The Morgan fingerprint density at radius 2 is 2.03 bits per heavy atom. The summed E-state index contributed by atoms with van der Waals surface area (Å²) in [6.07, 6.45) is -0.130. The van der Waals surface area contributed by atoms with Gasteiger partial charge in [0.25, 0.3) is 5.91 Å². The van der Waals surface area contributed by atoms with Gasteiger partial charge in [0.2, 0.25) is 5.91 Å². The molecular formula is C16H22N8O7S. The number of nitrogen functional groups attached to an aromatic ring is 1. The number of aromatic nitrogens is 4. The molecule has 2 amide bonds. The first-order valence-corrected chi connectivity index (χ1v) is 11.0. The van der Waals surface area contributed by atoms with Crippen molar-refractivity contribution in [1.29, 1.82) is 0 Å². The average molecular weight is 470 g/mol. The number of amides is 2. The highest BCUT2D eigenvalue weighted by Gasteiger charge is 2.47. The fourth-order valence-electron chi connectivity index (χ4n) is 3.64. The average Bonchev–Trinajstić information content (AvgIpc) is 3.30. The lowest BCUT2D eigenvalue weighted by atomic mass is 10.1. The number of ether oxygens (including phenoxy) is 3. The molecule has 4 heterocycles. The summed E-state index contributed by atoms with van der Waals surface area (Å²) < 4.78 is 47.3. The Morgan fingerprint density at radius 3 is 2.69 bits per heavy atom. The Morgan fingerprint density at radius 1 is 1.31 bits per heavy atom. The van der Waals surface area contributed by atoms with Gasteiger partial charge in [-0.2, -0.15) is 13.1 Å². The van der Waals surface area contributed by atoms with Crippen molar-refractivity contribution in [3.63, 3.8) is 0 Å². The van der Waals surface area contributed by atoms with Crippen LogP contribution >= 0.6 is 0 Å². The summed E-state index contributed by atoms with van der Waals surface area (Å²) in [5, 5.41) is 2.30. The molecule has 5 N–H and O–H groups in total. The predicted octanol–water partition coefficient (Wildman–Crippen LogP) is -2.82. The lowest BCUT2D eigenvalue weighted by Crippen LogP contribution is -2.59. The molecule has 2 saturated heterocycles. The number of anilines is 1. The Kier molecular flexibility index (Phi) is 5.95. The number of nitrogens with zero attached hydrogens (tertiary/aromatic N) is 4. The maximum Gasteiger partial charge on any atom is 0.301 e. The van der Waals surface area contributed by atoms with E-state index in [0.29, 0.717) is 11.2 Å². The van der Waals surface area contributed by atoms with Crippen LogP contribution in [0.25, 0.3) is 11.2 Å². The number of hydrogen-bond acceptors (Lipinski definition) is 11. The maximum atomic E-state index is 12.3. The Balaban J connectivity index is 1.47. The van der Waals surface area contributed by atoms with Gasteiger partial charge < -0.3 is 25.3 Å². The van der Waals surface area contributed by atoms with Crippen LogP contribution < -0.4 is 20.5 Å². The lowest BCUT2D eigenvalue weighted by molar-refractivity contribution is -0.136. The van der Waals surface area contributed by atoms with Gasteiger partial charge in [-0.1, -0.05) is 0 Å². The van der Waals surface area contributed by atoms with Crippen molar-refractivity contribution >= 4 is 39.0 Å². The van der Waals surface area contributed by atoms with Crippen molar-refractivity contribution in [3.8, 4) is 0 Å². The van der Waals surface area contributed by atoms with Crippen LogP contribution in [0.15, 0.2) is 12.7 Å². The minimum absolute atomic E-state index is 0.0665. The molecule has 15 nitrogen and oxygen atoms in total. The van der Waals surface area contributed by atoms with E-state index in [2.05, 4.69) is 25.0 Å². The van der Waals surface area contributed by atoms with E-state index in [4.69, 9.17) is 19.9 Å². The summed E-state index contributed by atoms with van der Waals surface area (Å²) in [7, 11) is -1.30. The molecule has 5 atom stereocenters. The first kappa shape index (κ1) is 22.3. The normalized spacial score (nSPS) is 27.8. The Labute approximate surface area is 182 Å². The van der Waals surface area contributed by atoms with E-state index in [9.17, 15) is 18.0 Å². The molecule has 0 bridgehead atoms. The van der Waals surface area contributed by atoms with Gasteiger partial charge in [0.05, 0.1) is 12.7 Å². The van der Waals surface area contributed by atoms with Gasteiger partial charge >= 0.3 is 10.2 Å².